The quantitative estimate of drug-likeness (QED) is 0.591. The fourth-order valence-electron chi connectivity index (χ4n) is 2.49. The van der Waals surface area contributed by atoms with Crippen LogP contribution in [0.4, 0.5) is 4.79 Å². The number of unbranched alkanes of at least 4 members (excludes halogenated alkanes) is 1. The Labute approximate surface area is 134 Å². The average molecular weight is 309 g/mol. The van der Waals surface area contributed by atoms with E-state index in [0.717, 1.165) is 24.7 Å². The Morgan fingerprint density at radius 1 is 1.32 bits per heavy atom. The van der Waals surface area contributed by atoms with E-state index in [0.29, 0.717) is 19.7 Å². The molecule has 0 spiro atoms. The zero-order valence-corrected chi connectivity index (χ0v) is 14.5. The molecule has 0 aromatic rings. The highest BCUT2D eigenvalue weighted by Gasteiger charge is 2.52. The first-order valence-corrected chi connectivity index (χ1v) is 8.23. The van der Waals surface area contributed by atoms with Gasteiger partial charge < -0.3 is 18.9 Å². The molecule has 2 heterocycles. The first-order valence-electron chi connectivity index (χ1n) is 8.23. The lowest BCUT2D eigenvalue weighted by Gasteiger charge is -2.32. The Bertz CT molecular complexity index is 431. The van der Waals surface area contributed by atoms with Gasteiger partial charge in [0.2, 0.25) is 0 Å². The predicted molar refractivity (Wildman–Crippen MR) is 86.6 cm³/mol. The molecule has 2 aliphatic rings. The van der Waals surface area contributed by atoms with E-state index in [4.69, 9.17) is 14.0 Å². The summed E-state index contributed by atoms with van der Waals surface area (Å²) in [4.78, 5) is 13.8. The number of carbonyl (C=O) groups is 1. The largest absolute Gasteiger partial charge is 0.492 e. The van der Waals surface area contributed by atoms with E-state index in [-0.39, 0.29) is 24.4 Å². The van der Waals surface area contributed by atoms with Gasteiger partial charge in [0.25, 0.3) is 0 Å². The van der Waals surface area contributed by atoms with Gasteiger partial charge in [-0.25, -0.2) is 4.79 Å². The smallest absolute Gasteiger partial charge is 0.449 e. The van der Waals surface area contributed by atoms with Crippen molar-refractivity contribution in [3.63, 3.8) is 0 Å². The van der Waals surface area contributed by atoms with Crippen LogP contribution < -0.4 is 0 Å². The van der Waals surface area contributed by atoms with Gasteiger partial charge in [0, 0.05) is 13.1 Å². The van der Waals surface area contributed by atoms with Crippen LogP contribution in [-0.2, 0) is 14.0 Å². The summed E-state index contributed by atoms with van der Waals surface area (Å²) in [7, 11) is -0.378. The lowest BCUT2D eigenvalue weighted by molar-refractivity contribution is 0.00578. The fraction of sp³-hybridized carbons (Fsp3) is 0.812. The standard InChI is InChI=1S/C16H28BNO4/c1-6-7-11-20-14(19)18-10-8-9-13(12-18)17-21-15(2,3)16(4,5)22-17/h9H,6-8,10-12H2,1-5H3. The summed E-state index contributed by atoms with van der Waals surface area (Å²) in [5.41, 5.74) is 0.294. The highest BCUT2D eigenvalue weighted by molar-refractivity contribution is 6.54. The summed E-state index contributed by atoms with van der Waals surface area (Å²) >= 11 is 0. The minimum atomic E-state index is -0.378. The van der Waals surface area contributed by atoms with Crippen molar-refractivity contribution in [2.45, 2.75) is 65.1 Å². The first kappa shape index (κ1) is 17.4. The van der Waals surface area contributed by atoms with Crippen LogP contribution >= 0.6 is 0 Å². The molecule has 0 aliphatic carbocycles. The van der Waals surface area contributed by atoms with Gasteiger partial charge in [-0.05, 0) is 46.0 Å². The van der Waals surface area contributed by atoms with Gasteiger partial charge in [-0.3, -0.25) is 0 Å². The predicted octanol–water partition coefficient (Wildman–Crippen LogP) is 3.19. The van der Waals surface area contributed by atoms with Crippen LogP contribution in [0.5, 0.6) is 0 Å². The molecule has 5 nitrogen and oxygen atoms in total. The second kappa shape index (κ2) is 6.63. The maximum Gasteiger partial charge on any atom is 0.492 e. The number of nitrogens with zero attached hydrogens (tertiary/aromatic N) is 1. The van der Waals surface area contributed by atoms with Gasteiger partial charge >= 0.3 is 13.2 Å². The highest BCUT2D eigenvalue weighted by atomic mass is 16.7. The third-order valence-corrected chi connectivity index (χ3v) is 4.72. The zero-order valence-electron chi connectivity index (χ0n) is 14.5. The number of ether oxygens (including phenoxy) is 1. The minimum absolute atomic E-state index is 0.240. The van der Waals surface area contributed by atoms with Gasteiger partial charge in [0.15, 0.2) is 0 Å². The molecule has 124 valence electrons. The van der Waals surface area contributed by atoms with E-state index in [1.165, 1.54) is 0 Å². The van der Waals surface area contributed by atoms with Crippen molar-refractivity contribution in [2.75, 3.05) is 19.7 Å². The van der Waals surface area contributed by atoms with Crippen LogP contribution in [-0.4, -0.2) is 49.0 Å². The Morgan fingerprint density at radius 2 is 1.95 bits per heavy atom. The summed E-state index contributed by atoms with van der Waals surface area (Å²) in [6.45, 7) is 11.9. The Balaban J connectivity index is 1.94. The van der Waals surface area contributed by atoms with Crippen LogP contribution in [0.3, 0.4) is 0 Å². The summed E-state index contributed by atoms with van der Waals surface area (Å²) in [6.07, 6.45) is 4.61. The molecule has 0 radical (unpaired) electrons. The topological polar surface area (TPSA) is 48.0 Å². The van der Waals surface area contributed by atoms with Gasteiger partial charge in [-0.1, -0.05) is 19.4 Å². The van der Waals surface area contributed by atoms with Crippen LogP contribution in [0.15, 0.2) is 11.5 Å². The lowest BCUT2D eigenvalue weighted by atomic mass is 9.76. The molecule has 1 amide bonds. The molecule has 1 saturated heterocycles. The molecule has 0 saturated carbocycles. The fourth-order valence-corrected chi connectivity index (χ4v) is 2.49. The van der Waals surface area contributed by atoms with Gasteiger partial charge in [-0.15, -0.1) is 0 Å². The number of rotatable bonds is 4. The maximum atomic E-state index is 12.1. The second-order valence-corrected chi connectivity index (χ2v) is 7.05. The first-order chi connectivity index (χ1) is 10.3. The van der Waals surface area contributed by atoms with E-state index < -0.39 is 0 Å². The van der Waals surface area contributed by atoms with Crippen molar-refractivity contribution in [3.8, 4) is 0 Å². The van der Waals surface area contributed by atoms with E-state index in [1.54, 1.807) is 4.90 Å². The Kier molecular flexibility index (Phi) is 5.23. The van der Waals surface area contributed by atoms with Crippen molar-refractivity contribution < 1.29 is 18.8 Å². The zero-order chi connectivity index (χ0) is 16.4. The van der Waals surface area contributed by atoms with Crippen LogP contribution in [0.25, 0.3) is 0 Å². The molecule has 2 aliphatic heterocycles. The number of carbonyl (C=O) groups excluding carboxylic acids is 1. The van der Waals surface area contributed by atoms with Gasteiger partial charge in [-0.2, -0.15) is 0 Å². The monoisotopic (exact) mass is 309 g/mol. The number of amides is 1. The van der Waals surface area contributed by atoms with Crippen molar-refractivity contribution in [1.29, 1.82) is 0 Å². The molecule has 0 unspecified atom stereocenters. The van der Waals surface area contributed by atoms with Crippen LogP contribution in [0.1, 0.15) is 53.9 Å². The van der Waals surface area contributed by atoms with E-state index in [1.807, 2.05) is 27.7 Å². The molecule has 0 N–H and O–H groups in total. The van der Waals surface area contributed by atoms with Gasteiger partial charge in [0.1, 0.15) is 0 Å². The summed E-state index contributed by atoms with van der Waals surface area (Å²) < 4.78 is 17.4. The molecule has 1 fully saturated rings. The Hall–Kier alpha value is -1.01. The number of hydrogen-bond acceptors (Lipinski definition) is 4. The second-order valence-electron chi connectivity index (χ2n) is 7.05. The van der Waals surface area contributed by atoms with Crippen molar-refractivity contribution in [3.05, 3.63) is 11.5 Å². The van der Waals surface area contributed by atoms with Crippen LogP contribution in [0.2, 0.25) is 0 Å². The summed E-state index contributed by atoms with van der Waals surface area (Å²) in [5, 5.41) is 0. The molecule has 6 heteroatoms. The number of hydrogen-bond donors (Lipinski definition) is 0. The van der Waals surface area contributed by atoms with Crippen molar-refractivity contribution in [1.82, 2.24) is 4.90 Å². The average Bonchev–Trinajstić information content (AvgIpc) is 2.68. The molecule has 0 aromatic heterocycles. The van der Waals surface area contributed by atoms with Crippen molar-refractivity contribution in [2.24, 2.45) is 0 Å². The molecule has 22 heavy (non-hydrogen) atoms. The molecule has 0 bridgehead atoms. The SMILES string of the molecule is CCCCOC(=O)N1CCC=C(B2OC(C)(C)C(C)(C)O2)C1. The van der Waals surface area contributed by atoms with E-state index in [2.05, 4.69) is 13.0 Å². The van der Waals surface area contributed by atoms with E-state index >= 15 is 0 Å². The van der Waals surface area contributed by atoms with Crippen LogP contribution in [0, 0.1) is 0 Å². The maximum absolute atomic E-state index is 12.1. The normalized spacial score (nSPS) is 23.4. The Morgan fingerprint density at radius 3 is 2.55 bits per heavy atom. The highest BCUT2D eigenvalue weighted by Crippen LogP contribution is 2.39. The molecule has 0 aromatic carbocycles. The molecule has 2 rings (SSSR count). The van der Waals surface area contributed by atoms with Crippen molar-refractivity contribution >= 4 is 13.2 Å². The van der Waals surface area contributed by atoms with Gasteiger partial charge in [0.05, 0.1) is 17.8 Å². The molecule has 0 atom stereocenters. The molecular weight excluding hydrogens is 281 g/mol. The van der Waals surface area contributed by atoms with E-state index in [9.17, 15) is 4.79 Å². The lowest BCUT2D eigenvalue weighted by Crippen LogP contribution is -2.41. The summed E-state index contributed by atoms with van der Waals surface area (Å²) in [6, 6.07) is 0. The third kappa shape index (κ3) is 3.66. The molecular formula is C16H28BNO4. The summed E-state index contributed by atoms with van der Waals surface area (Å²) in [5.74, 6) is 0. The third-order valence-electron chi connectivity index (χ3n) is 4.72. The minimum Gasteiger partial charge on any atom is -0.449 e.